The van der Waals surface area contributed by atoms with Gasteiger partial charge in [0.1, 0.15) is 11.5 Å². The number of nitrogens with one attached hydrogen (secondary N) is 2. The van der Waals surface area contributed by atoms with Gasteiger partial charge in [-0.05, 0) is 29.8 Å². The van der Waals surface area contributed by atoms with Crippen LogP contribution >= 0.6 is 15.9 Å². The fourth-order valence-electron chi connectivity index (χ4n) is 1.97. The Balaban J connectivity index is 1.86. The maximum absolute atomic E-state index is 12.2. The van der Waals surface area contributed by atoms with Crippen LogP contribution in [0.25, 0.3) is 0 Å². The number of hydrazone groups is 1. The largest absolute Gasteiger partial charge is 0.497 e. The predicted octanol–water partition coefficient (Wildman–Crippen LogP) is 2.35. The van der Waals surface area contributed by atoms with Gasteiger partial charge in [0.15, 0.2) is 0 Å². The number of hydrogen-bond acceptors (Lipinski definition) is 5. The monoisotopic (exact) mass is 419 g/mol. The van der Waals surface area contributed by atoms with E-state index in [1.165, 1.54) is 20.4 Å². The van der Waals surface area contributed by atoms with Crippen LogP contribution < -0.4 is 20.2 Å². The lowest BCUT2D eigenvalue weighted by Gasteiger charge is -2.08. The van der Waals surface area contributed by atoms with Crippen molar-refractivity contribution in [3.63, 3.8) is 0 Å². The summed E-state index contributed by atoms with van der Waals surface area (Å²) in [7, 11) is 2.99. The molecule has 0 radical (unpaired) electrons. The van der Waals surface area contributed by atoms with E-state index in [0.29, 0.717) is 17.1 Å². The van der Waals surface area contributed by atoms with Gasteiger partial charge in [-0.3, -0.25) is 9.59 Å². The smallest absolute Gasteiger partial charge is 0.259 e. The van der Waals surface area contributed by atoms with Crippen LogP contribution in [-0.2, 0) is 4.79 Å². The molecule has 0 aliphatic rings. The molecule has 2 amide bonds. The van der Waals surface area contributed by atoms with Crippen molar-refractivity contribution in [3.05, 3.63) is 58.1 Å². The molecule has 2 aromatic carbocycles. The van der Waals surface area contributed by atoms with Crippen molar-refractivity contribution in [1.29, 1.82) is 0 Å². The molecule has 2 aromatic rings. The summed E-state index contributed by atoms with van der Waals surface area (Å²) >= 11 is 3.34. The van der Waals surface area contributed by atoms with Gasteiger partial charge in [0, 0.05) is 16.1 Å². The van der Waals surface area contributed by atoms with Crippen molar-refractivity contribution < 1.29 is 19.1 Å². The van der Waals surface area contributed by atoms with E-state index in [1.54, 1.807) is 18.2 Å². The lowest BCUT2D eigenvalue weighted by Crippen LogP contribution is -2.34. The van der Waals surface area contributed by atoms with Crippen LogP contribution in [-0.4, -0.2) is 38.8 Å². The Morgan fingerprint density at radius 1 is 1.08 bits per heavy atom. The Kier molecular flexibility index (Phi) is 7.16. The summed E-state index contributed by atoms with van der Waals surface area (Å²) in [5.74, 6) is 0.104. The Hall–Kier alpha value is -2.87. The second-order valence-corrected chi connectivity index (χ2v) is 6.04. The Morgan fingerprint density at radius 3 is 2.27 bits per heavy atom. The molecule has 0 bridgehead atoms. The summed E-state index contributed by atoms with van der Waals surface area (Å²) in [6.07, 6.45) is 1.51. The van der Waals surface area contributed by atoms with Gasteiger partial charge in [-0.2, -0.15) is 5.10 Å². The lowest BCUT2D eigenvalue weighted by atomic mass is 10.2. The molecule has 0 spiro atoms. The second kappa shape index (κ2) is 9.57. The molecule has 8 heteroatoms. The van der Waals surface area contributed by atoms with E-state index < -0.39 is 11.8 Å². The molecule has 0 heterocycles. The van der Waals surface area contributed by atoms with Crippen LogP contribution in [0.4, 0.5) is 0 Å². The average Bonchev–Trinajstić information content (AvgIpc) is 2.67. The molecular formula is C18H18BrN3O4. The molecule has 7 nitrogen and oxygen atoms in total. The summed E-state index contributed by atoms with van der Waals surface area (Å²) in [4.78, 5) is 23.9. The van der Waals surface area contributed by atoms with Crippen LogP contribution in [0.5, 0.6) is 11.5 Å². The number of methoxy groups -OCH3 is 2. The van der Waals surface area contributed by atoms with Gasteiger partial charge in [0.2, 0.25) is 0 Å². The molecule has 2 rings (SSSR count). The summed E-state index contributed by atoms with van der Waals surface area (Å²) in [6, 6.07) is 12.2. The first kappa shape index (κ1) is 19.5. The van der Waals surface area contributed by atoms with Gasteiger partial charge in [-0.25, -0.2) is 5.43 Å². The number of ether oxygens (including phenoxy) is 2. The predicted molar refractivity (Wildman–Crippen MR) is 102 cm³/mol. The van der Waals surface area contributed by atoms with Crippen molar-refractivity contribution in [2.24, 2.45) is 5.10 Å². The van der Waals surface area contributed by atoms with Crippen LogP contribution in [0.15, 0.2) is 52.0 Å². The molecule has 2 N–H and O–H groups in total. The summed E-state index contributed by atoms with van der Waals surface area (Å²) in [5, 5.41) is 6.36. The second-order valence-electron chi connectivity index (χ2n) is 5.13. The molecule has 0 fully saturated rings. The van der Waals surface area contributed by atoms with Crippen molar-refractivity contribution in [3.8, 4) is 11.5 Å². The summed E-state index contributed by atoms with van der Waals surface area (Å²) in [6.45, 7) is -0.212. The number of amides is 2. The highest BCUT2D eigenvalue weighted by Crippen LogP contribution is 2.22. The first-order chi connectivity index (χ1) is 12.5. The first-order valence-electron chi connectivity index (χ1n) is 7.60. The number of rotatable bonds is 7. The van der Waals surface area contributed by atoms with E-state index in [4.69, 9.17) is 9.47 Å². The van der Waals surface area contributed by atoms with E-state index in [-0.39, 0.29) is 6.54 Å². The Labute approximate surface area is 159 Å². The van der Waals surface area contributed by atoms with Gasteiger partial charge >= 0.3 is 0 Å². The van der Waals surface area contributed by atoms with Crippen molar-refractivity contribution in [1.82, 2.24) is 10.7 Å². The standard InChI is InChI=1S/C18H18BrN3O4/c1-25-15-7-13(8-16(9-15)26-2)18(24)20-11-17(23)22-21-10-12-3-5-14(19)6-4-12/h3-10H,11H2,1-2H3,(H,20,24)(H,22,23)/b21-10+. The van der Waals surface area contributed by atoms with E-state index in [1.807, 2.05) is 24.3 Å². The third-order valence-corrected chi connectivity index (χ3v) is 3.82. The maximum atomic E-state index is 12.2. The molecule has 0 atom stereocenters. The zero-order chi connectivity index (χ0) is 18.9. The highest BCUT2D eigenvalue weighted by Gasteiger charge is 2.11. The maximum Gasteiger partial charge on any atom is 0.259 e. The van der Waals surface area contributed by atoms with Crippen molar-refractivity contribution in [2.75, 3.05) is 20.8 Å². The lowest BCUT2D eigenvalue weighted by molar-refractivity contribution is -0.120. The van der Waals surface area contributed by atoms with Gasteiger partial charge in [0.25, 0.3) is 11.8 Å². The number of carbonyl (C=O) groups is 2. The molecule has 0 saturated heterocycles. The Bertz CT molecular complexity index is 784. The summed E-state index contributed by atoms with van der Waals surface area (Å²) < 4.78 is 11.2. The van der Waals surface area contributed by atoms with Crippen LogP contribution in [0.3, 0.4) is 0 Å². The van der Waals surface area contributed by atoms with Crippen molar-refractivity contribution in [2.45, 2.75) is 0 Å². The molecule has 0 unspecified atom stereocenters. The molecule has 26 heavy (non-hydrogen) atoms. The molecule has 0 aromatic heterocycles. The van der Waals surface area contributed by atoms with E-state index >= 15 is 0 Å². The highest BCUT2D eigenvalue weighted by atomic mass is 79.9. The fourth-order valence-corrected chi connectivity index (χ4v) is 2.23. The number of carbonyl (C=O) groups excluding carboxylic acids is 2. The van der Waals surface area contributed by atoms with Gasteiger partial charge in [0.05, 0.1) is 27.0 Å². The third-order valence-electron chi connectivity index (χ3n) is 3.30. The van der Waals surface area contributed by atoms with E-state index in [9.17, 15) is 9.59 Å². The first-order valence-corrected chi connectivity index (χ1v) is 8.40. The zero-order valence-corrected chi connectivity index (χ0v) is 15.9. The van der Waals surface area contributed by atoms with Gasteiger partial charge in [-0.1, -0.05) is 28.1 Å². The summed E-state index contributed by atoms with van der Waals surface area (Å²) in [5.41, 5.74) is 3.51. The zero-order valence-electron chi connectivity index (χ0n) is 14.3. The molecule has 0 aliphatic carbocycles. The van der Waals surface area contributed by atoms with Gasteiger partial charge in [-0.15, -0.1) is 0 Å². The van der Waals surface area contributed by atoms with Crippen LogP contribution in [0.2, 0.25) is 0 Å². The quantitative estimate of drug-likeness (QED) is 0.532. The normalized spacial score (nSPS) is 10.4. The van der Waals surface area contributed by atoms with Gasteiger partial charge < -0.3 is 14.8 Å². The Morgan fingerprint density at radius 2 is 1.69 bits per heavy atom. The number of benzene rings is 2. The molecule has 136 valence electrons. The molecular weight excluding hydrogens is 402 g/mol. The molecule has 0 aliphatic heterocycles. The van der Waals surface area contributed by atoms with Crippen LogP contribution in [0.1, 0.15) is 15.9 Å². The number of halogens is 1. The topological polar surface area (TPSA) is 89.0 Å². The minimum atomic E-state index is -0.443. The number of nitrogens with zero attached hydrogens (tertiary/aromatic N) is 1. The van der Waals surface area contributed by atoms with Crippen molar-refractivity contribution >= 4 is 34.0 Å². The van der Waals surface area contributed by atoms with E-state index in [2.05, 4.69) is 31.8 Å². The fraction of sp³-hybridized carbons (Fsp3) is 0.167. The number of hydrogen-bond donors (Lipinski definition) is 2. The highest BCUT2D eigenvalue weighted by molar-refractivity contribution is 9.10. The van der Waals surface area contributed by atoms with Crippen LogP contribution in [0, 0.1) is 0 Å². The minimum absolute atomic E-state index is 0.212. The SMILES string of the molecule is COc1cc(OC)cc(C(=O)NCC(=O)N/N=C/c2ccc(Br)cc2)c1. The average molecular weight is 420 g/mol. The minimum Gasteiger partial charge on any atom is -0.497 e. The van der Waals surface area contributed by atoms with E-state index in [0.717, 1.165) is 10.0 Å². The molecule has 0 saturated carbocycles. The third kappa shape index (κ3) is 5.89.